The van der Waals surface area contributed by atoms with Gasteiger partial charge in [-0.1, -0.05) is 5.92 Å². The van der Waals surface area contributed by atoms with Crippen LogP contribution in [0.3, 0.4) is 0 Å². The SMILES string of the molecule is C#CCN(CC=O)C(=O)OCC. The Morgan fingerprint density at radius 3 is 2.83 bits per heavy atom. The molecule has 0 N–H and O–H groups in total. The van der Waals surface area contributed by atoms with Gasteiger partial charge in [0.1, 0.15) is 6.29 Å². The van der Waals surface area contributed by atoms with Crippen LogP contribution in [0.15, 0.2) is 0 Å². The van der Waals surface area contributed by atoms with Gasteiger partial charge in [0, 0.05) is 0 Å². The lowest BCUT2D eigenvalue weighted by Crippen LogP contribution is -2.33. The highest BCUT2D eigenvalue weighted by Gasteiger charge is 2.11. The average molecular weight is 169 g/mol. The highest BCUT2D eigenvalue weighted by molar-refractivity contribution is 5.71. The monoisotopic (exact) mass is 169 g/mol. The predicted octanol–water partition coefficient (Wildman–Crippen LogP) is 0.277. The van der Waals surface area contributed by atoms with E-state index < -0.39 is 6.09 Å². The molecule has 0 fully saturated rings. The molecule has 0 unspecified atom stereocenters. The number of nitrogens with zero attached hydrogens (tertiary/aromatic N) is 1. The van der Waals surface area contributed by atoms with E-state index in [-0.39, 0.29) is 19.7 Å². The number of hydrogen-bond donors (Lipinski definition) is 0. The number of carbonyl (C=O) groups excluding carboxylic acids is 2. The van der Waals surface area contributed by atoms with Crippen molar-refractivity contribution in [3.05, 3.63) is 0 Å². The minimum Gasteiger partial charge on any atom is -0.450 e. The highest BCUT2D eigenvalue weighted by atomic mass is 16.6. The fraction of sp³-hybridized carbons (Fsp3) is 0.500. The van der Waals surface area contributed by atoms with Crippen molar-refractivity contribution in [1.82, 2.24) is 4.90 Å². The Labute approximate surface area is 71.5 Å². The van der Waals surface area contributed by atoms with Crippen LogP contribution in [0.1, 0.15) is 6.92 Å². The number of aldehydes is 1. The fourth-order valence-electron chi connectivity index (χ4n) is 0.619. The minimum atomic E-state index is -0.553. The first-order chi connectivity index (χ1) is 5.76. The maximum atomic E-state index is 11.0. The van der Waals surface area contributed by atoms with Crippen LogP contribution in [0.25, 0.3) is 0 Å². The Balaban J connectivity index is 4.00. The molecule has 0 aliphatic rings. The quantitative estimate of drug-likeness (QED) is 0.448. The van der Waals surface area contributed by atoms with Crippen LogP contribution in [-0.4, -0.2) is 37.0 Å². The summed E-state index contributed by atoms with van der Waals surface area (Å²) in [5.74, 6) is 2.26. The summed E-state index contributed by atoms with van der Waals surface area (Å²) >= 11 is 0. The maximum absolute atomic E-state index is 11.0. The van der Waals surface area contributed by atoms with Gasteiger partial charge in [-0.3, -0.25) is 4.90 Å². The topological polar surface area (TPSA) is 46.6 Å². The van der Waals surface area contributed by atoms with E-state index in [9.17, 15) is 9.59 Å². The summed E-state index contributed by atoms with van der Waals surface area (Å²) in [5.41, 5.74) is 0. The van der Waals surface area contributed by atoms with Gasteiger partial charge in [-0.2, -0.15) is 0 Å². The second kappa shape index (κ2) is 6.23. The number of rotatable bonds is 4. The van der Waals surface area contributed by atoms with Crippen LogP contribution >= 0.6 is 0 Å². The van der Waals surface area contributed by atoms with Crippen molar-refractivity contribution in [3.8, 4) is 12.3 Å². The summed E-state index contributed by atoms with van der Waals surface area (Å²) in [6.07, 6.45) is 5.03. The van der Waals surface area contributed by atoms with Crippen LogP contribution in [0.5, 0.6) is 0 Å². The van der Waals surface area contributed by atoms with Crippen molar-refractivity contribution in [3.63, 3.8) is 0 Å². The molecule has 12 heavy (non-hydrogen) atoms. The molecule has 0 saturated heterocycles. The third-order valence-electron chi connectivity index (χ3n) is 1.10. The van der Waals surface area contributed by atoms with E-state index in [0.29, 0.717) is 6.29 Å². The van der Waals surface area contributed by atoms with E-state index in [1.165, 1.54) is 0 Å². The van der Waals surface area contributed by atoms with E-state index in [1.54, 1.807) is 6.92 Å². The summed E-state index contributed by atoms with van der Waals surface area (Å²) in [5, 5.41) is 0. The molecular formula is C8H11NO3. The van der Waals surface area contributed by atoms with Crippen LogP contribution in [-0.2, 0) is 9.53 Å². The normalized spacial score (nSPS) is 8.33. The minimum absolute atomic E-state index is 0.0248. The van der Waals surface area contributed by atoms with E-state index in [4.69, 9.17) is 6.42 Å². The van der Waals surface area contributed by atoms with E-state index >= 15 is 0 Å². The van der Waals surface area contributed by atoms with E-state index in [0.717, 1.165) is 4.90 Å². The third-order valence-corrected chi connectivity index (χ3v) is 1.10. The lowest BCUT2D eigenvalue weighted by Gasteiger charge is -2.15. The standard InChI is InChI=1S/C8H11NO3/c1-3-5-9(6-7-10)8(11)12-4-2/h1,7H,4-6H2,2H3. The molecule has 0 atom stereocenters. The van der Waals surface area contributed by atoms with Gasteiger partial charge in [0.2, 0.25) is 0 Å². The van der Waals surface area contributed by atoms with E-state index in [1.807, 2.05) is 0 Å². The van der Waals surface area contributed by atoms with Crippen LogP contribution in [0.2, 0.25) is 0 Å². The number of amides is 1. The molecule has 0 aromatic rings. The number of carbonyl (C=O) groups is 2. The summed E-state index contributed by atoms with van der Waals surface area (Å²) < 4.78 is 4.64. The zero-order chi connectivity index (χ0) is 9.40. The van der Waals surface area contributed by atoms with Crippen molar-refractivity contribution >= 4 is 12.4 Å². The van der Waals surface area contributed by atoms with Gasteiger partial charge in [-0.25, -0.2) is 4.79 Å². The summed E-state index contributed by atoms with van der Waals surface area (Å²) in [6, 6.07) is 0. The molecule has 0 radical (unpaired) electrons. The molecule has 66 valence electrons. The molecule has 0 rings (SSSR count). The molecule has 1 amide bonds. The lowest BCUT2D eigenvalue weighted by atomic mass is 10.5. The molecule has 4 nitrogen and oxygen atoms in total. The van der Waals surface area contributed by atoms with Crippen molar-refractivity contribution in [2.45, 2.75) is 6.92 Å². The van der Waals surface area contributed by atoms with Crippen molar-refractivity contribution in [1.29, 1.82) is 0 Å². The lowest BCUT2D eigenvalue weighted by molar-refractivity contribution is -0.108. The molecule has 0 aromatic heterocycles. The Kier molecular flexibility index (Phi) is 5.45. The van der Waals surface area contributed by atoms with Crippen LogP contribution in [0, 0.1) is 12.3 Å². The summed E-state index contributed by atoms with van der Waals surface area (Å²) in [7, 11) is 0. The molecule has 0 saturated carbocycles. The second-order valence-corrected chi connectivity index (χ2v) is 1.95. The van der Waals surface area contributed by atoms with Gasteiger partial charge in [-0.05, 0) is 6.92 Å². The van der Waals surface area contributed by atoms with Gasteiger partial charge in [0.25, 0.3) is 0 Å². The largest absolute Gasteiger partial charge is 0.450 e. The van der Waals surface area contributed by atoms with Gasteiger partial charge in [-0.15, -0.1) is 6.42 Å². The van der Waals surface area contributed by atoms with Crippen molar-refractivity contribution in [2.24, 2.45) is 0 Å². The van der Waals surface area contributed by atoms with Crippen LogP contribution < -0.4 is 0 Å². The molecule has 0 heterocycles. The van der Waals surface area contributed by atoms with Gasteiger partial charge < -0.3 is 9.53 Å². The van der Waals surface area contributed by atoms with Crippen LogP contribution in [0.4, 0.5) is 4.79 Å². The Morgan fingerprint density at radius 2 is 2.42 bits per heavy atom. The first-order valence-corrected chi connectivity index (χ1v) is 3.55. The first kappa shape index (κ1) is 10.5. The molecule has 0 aliphatic heterocycles. The van der Waals surface area contributed by atoms with Gasteiger partial charge in [0.15, 0.2) is 0 Å². The summed E-state index contributed by atoms with van der Waals surface area (Å²) in [6.45, 7) is 2.03. The predicted molar refractivity (Wildman–Crippen MR) is 43.5 cm³/mol. The number of terminal acetylenes is 1. The van der Waals surface area contributed by atoms with E-state index in [2.05, 4.69) is 10.7 Å². The van der Waals surface area contributed by atoms with Crippen molar-refractivity contribution < 1.29 is 14.3 Å². The highest BCUT2D eigenvalue weighted by Crippen LogP contribution is 1.91. The first-order valence-electron chi connectivity index (χ1n) is 3.55. The third kappa shape index (κ3) is 3.62. The number of ether oxygens (including phenoxy) is 1. The molecule has 0 spiro atoms. The van der Waals surface area contributed by atoms with Gasteiger partial charge >= 0.3 is 6.09 Å². The summed E-state index contributed by atoms with van der Waals surface area (Å²) in [4.78, 5) is 22.2. The zero-order valence-corrected chi connectivity index (χ0v) is 6.95. The maximum Gasteiger partial charge on any atom is 0.410 e. The second-order valence-electron chi connectivity index (χ2n) is 1.95. The van der Waals surface area contributed by atoms with Gasteiger partial charge in [0.05, 0.1) is 19.7 Å². The fourth-order valence-corrected chi connectivity index (χ4v) is 0.619. The Hall–Kier alpha value is -1.50. The molecule has 0 aliphatic carbocycles. The van der Waals surface area contributed by atoms with Crippen molar-refractivity contribution in [2.75, 3.05) is 19.7 Å². The molecular weight excluding hydrogens is 158 g/mol. The Bertz CT molecular complexity index is 195. The smallest absolute Gasteiger partial charge is 0.410 e. The number of hydrogen-bond acceptors (Lipinski definition) is 3. The average Bonchev–Trinajstić information content (AvgIpc) is 2.04. The zero-order valence-electron chi connectivity index (χ0n) is 6.95. The molecule has 0 bridgehead atoms. The molecule has 4 heteroatoms. The Morgan fingerprint density at radius 1 is 1.75 bits per heavy atom. The molecule has 0 aromatic carbocycles.